The van der Waals surface area contributed by atoms with Gasteiger partial charge in [0.2, 0.25) is 0 Å². The molecule has 0 heterocycles. The van der Waals surface area contributed by atoms with Crippen molar-refractivity contribution in [3.05, 3.63) is 0 Å². The highest BCUT2D eigenvalue weighted by molar-refractivity contribution is 4.63. The lowest BCUT2D eigenvalue weighted by Gasteiger charge is -2.20. The van der Waals surface area contributed by atoms with Crippen molar-refractivity contribution < 1.29 is 0 Å². The molecule has 0 heteroatoms. The van der Waals surface area contributed by atoms with Crippen LogP contribution in [0.5, 0.6) is 0 Å². The van der Waals surface area contributed by atoms with Gasteiger partial charge in [0.15, 0.2) is 0 Å². The first-order valence-corrected chi connectivity index (χ1v) is 6.97. The van der Waals surface area contributed by atoms with E-state index in [1.807, 2.05) is 0 Å². The number of rotatable bonds is 8. The fourth-order valence-corrected chi connectivity index (χ4v) is 2.00. The van der Waals surface area contributed by atoms with Crippen LogP contribution in [0.25, 0.3) is 0 Å². The summed E-state index contributed by atoms with van der Waals surface area (Å²) in [6.07, 6.45) is 7.01. The van der Waals surface area contributed by atoms with Gasteiger partial charge in [-0.25, -0.2) is 0 Å². The highest BCUT2D eigenvalue weighted by atomic mass is 14.2. The standard InChI is InChI=1S/C15H32/c1-7-14(5)15(6)11-10-13(4)9-8-12(2)3/h12-15H,7-11H2,1-6H3. The lowest BCUT2D eigenvalue weighted by molar-refractivity contribution is 0.312. The minimum Gasteiger partial charge on any atom is -0.0651 e. The Hall–Kier alpha value is 0. The molecule has 0 aliphatic heterocycles. The molecule has 92 valence electrons. The monoisotopic (exact) mass is 212 g/mol. The Bertz CT molecular complexity index is 137. The zero-order valence-electron chi connectivity index (χ0n) is 11.8. The van der Waals surface area contributed by atoms with Crippen LogP contribution in [0.1, 0.15) is 73.6 Å². The predicted octanol–water partition coefficient (Wildman–Crippen LogP) is 5.52. The molecule has 0 aliphatic rings. The number of hydrogen-bond donors (Lipinski definition) is 0. The second-order valence-corrected chi connectivity index (χ2v) is 6.02. The third kappa shape index (κ3) is 7.88. The van der Waals surface area contributed by atoms with E-state index >= 15 is 0 Å². The van der Waals surface area contributed by atoms with E-state index in [1.165, 1.54) is 32.1 Å². The van der Waals surface area contributed by atoms with Crippen molar-refractivity contribution in [2.24, 2.45) is 23.7 Å². The molecular weight excluding hydrogens is 180 g/mol. The van der Waals surface area contributed by atoms with Gasteiger partial charge in [0.05, 0.1) is 0 Å². The molecule has 0 aliphatic carbocycles. The first-order chi connectivity index (χ1) is 6.97. The predicted molar refractivity (Wildman–Crippen MR) is 71.1 cm³/mol. The minimum atomic E-state index is 0.874. The molecule has 0 bridgehead atoms. The topological polar surface area (TPSA) is 0 Å². The van der Waals surface area contributed by atoms with Crippen LogP contribution in [0.15, 0.2) is 0 Å². The molecule has 0 spiro atoms. The van der Waals surface area contributed by atoms with Gasteiger partial charge in [0, 0.05) is 0 Å². The van der Waals surface area contributed by atoms with E-state index in [1.54, 1.807) is 0 Å². The molecule has 0 aromatic heterocycles. The van der Waals surface area contributed by atoms with E-state index in [4.69, 9.17) is 0 Å². The van der Waals surface area contributed by atoms with Gasteiger partial charge < -0.3 is 0 Å². The maximum absolute atomic E-state index is 2.42. The first-order valence-electron chi connectivity index (χ1n) is 6.97. The van der Waals surface area contributed by atoms with Crippen molar-refractivity contribution in [2.75, 3.05) is 0 Å². The second-order valence-electron chi connectivity index (χ2n) is 6.02. The Balaban J connectivity index is 3.56. The lowest BCUT2D eigenvalue weighted by atomic mass is 9.86. The van der Waals surface area contributed by atoms with E-state index in [9.17, 15) is 0 Å². The maximum Gasteiger partial charge on any atom is -0.0417 e. The van der Waals surface area contributed by atoms with Crippen LogP contribution in [0, 0.1) is 23.7 Å². The van der Waals surface area contributed by atoms with E-state index in [0.717, 1.165) is 23.7 Å². The summed E-state index contributed by atoms with van der Waals surface area (Å²) in [5.74, 6) is 3.62. The van der Waals surface area contributed by atoms with E-state index in [2.05, 4.69) is 41.5 Å². The summed E-state index contributed by atoms with van der Waals surface area (Å²) >= 11 is 0. The van der Waals surface area contributed by atoms with Gasteiger partial charge in [0.25, 0.3) is 0 Å². The van der Waals surface area contributed by atoms with Crippen LogP contribution < -0.4 is 0 Å². The zero-order chi connectivity index (χ0) is 11.8. The van der Waals surface area contributed by atoms with E-state index in [0.29, 0.717) is 0 Å². The van der Waals surface area contributed by atoms with Gasteiger partial charge in [-0.2, -0.15) is 0 Å². The van der Waals surface area contributed by atoms with Crippen molar-refractivity contribution in [1.82, 2.24) is 0 Å². The highest BCUT2D eigenvalue weighted by Gasteiger charge is 2.12. The summed E-state index contributed by atoms with van der Waals surface area (Å²) in [7, 11) is 0. The zero-order valence-corrected chi connectivity index (χ0v) is 11.8. The molecule has 0 rings (SSSR count). The molecule has 0 amide bonds. The van der Waals surface area contributed by atoms with E-state index < -0.39 is 0 Å². The molecule has 3 unspecified atom stereocenters. The molecule has 0 aromatic carbocycles. The Morgan fingerprint density at radius 1 is 0.667 bits per heavy atom. The summed E-state index contributed by atoms with van der Waals surface area (Å²) in [4.78, 5) is 0. The fourth-order valence-electron chi connectivity index (χ4n) is 2.00. The van der Waals surface area contributed by atoms with Gasteiger partial charge >= 0.3 is 0 Å². The number of hydrogen-bond acceptors (Lipinski definition) is 0. The smallest absolute Gasteiger partial charge is 0.0417 e. The third-order valence-corrected chi connectivity index (χ3v) is 3.97. The van der Waals surface area contributed by atoms with Crippen LogP contribution in [0.2, 0.25) is 0 Å². The van der Waals surface area contributed by atoms with E-state index in [-0.39, 0.29) is 0 Å². The van der Waals surface area contributed by atoms with Gasteiger partial charge in [0.1, 0.15) is 0 Å². The SMILES string of the molecule is CCC(C)C(C)CCC(C)CCC(C)C. The highest BCUT2D eigenvalue weighted by Crippen LogP contribution is 2.24. The summed E-state index contributed by atoms with van der Waals surface area (Å²) in [5, 5.41) is 0. The minimum absolute atomic E-state index is 0.874. The van der Waals surface area contributed by atoms with Crippen LogP contribution in [0.3, 0.4) is 0 Å². The first kappa shape index (κ1) is 15.0. The maximum atomic E-state index is 2.42. The van der Waals surface area contributed by atoms with Crippen molar-refractivity contribution in [2.45, 2.75) is 73.6 Å². The van der Waals surface area contributed by atoms with Gasteiger partial charge in [-0.15, -0.1) is 0 Å². The van der Waals surface area contributed by atoms with Gasteiger partial charge in [-0.1, -0.05) is 73.6 Å². The van der Waals surface area contributed by atoms with Gasteiger partial charge in [-0.05, 0) is 23.7 Å². The molecule has 0 N–H and O–H groups in total. The summed E-state index contributed by atoms with van der Waals surface area (Å²) in [6, 6.07) is 0. The molecule has 0 nitrogen and oxygen atoms in total. The molecule has 3 atom stereocenters. The average Bonchev–Trinajstić information content (AvgIpc) is 2.21. The molecule has 0 radical (unpaired) electrons. The quantitative estimate of drug-likeness (QED) is 0.497. The molecule has 0 aromatic rings. The lowest BCUT2D eigenvalue weighted by Crippen LogP contribution is -2.09. The van der Waals surface area contributed by atoms with Crippen LogP contribution >= 0.6 is 0 Å². The molecular formula is C15H32. The van der Waals surface area contributed by atoms with Crippen molar-refractivity contribution in [3.8, 4) is 0 Å². The Labute approximate surface area is 97.8 Å². The molecule has 0 saturated heterocycles. The third-order valence-electron chi connectivity index (χ3n) is 3.97. The van der Waals surface area contributed by atoms with Crippen LogP contribution in [-0.4, -0.2) is 0 Å². The molecule has 0 fully saturated rings. The van der Waals surface area contributed by atoms with Crippen LogP contribution in [-0.2, 0) is 0 Å². The average molecular weight is 212 g/mol. The van der Waals surface area contributed by atoms with Crippen molar-refractivity contribution in [1.29, 1.82) is 0 Å². The van der Waals surface area contributed by atoms with Crippen LogP contribution in [0.4, 0.5) is 0 Å². The Morgan fingerprint density at radius 3 is 1.67 bits per heavy atom. The fraction of sp³-hybridized carbons (Fsp3) is 1.00. The molecule has 0 saturated carbocycles. The largest absolute Gasteiger partial charge is 0.0651 e. The summed E-state index contributed by atoms with van der Waals surface area (Å²) in [5.41, 5.74) is 0. The van der Waals surface area contributed by atoms with Gasteiger partial charge in [-0.3, -0.25) is 0 Å². The van der Waals surface area contributed by atoms with Crippen molar-refractivity contribution in [3.63, 3.8) is 0 Å². The summed E-state index contributed by atoms with van der Waals surface area (Å²) < 4.78 is 0. The summed E-state index contributed by atoms with van der Waals surface area (Å²) in [6.45, 7) is 14.2. The Kier molecular flexibility index (Phi) is 8.19. The normalized spacial score (nSPS) is 17.8. The Morgan fingerprint density at radius 2 is 1.20 bits per heavy atom. The van der Waals surface area contributed by atoms with Crippen molar-refractivity contribution >= 4 is 0 Å². The molecule has 15 heavy (non-hydrogen) atoms. The second kappa shape index (κ2) is 8.19.